The van der Waals surface area contributed by atoms with Gasteiger partial charge in [-0.25, -0.2) is 0 Å². The van der Waals surface area contributed by atoms with Crippen LogP contribution in [0.15, 0.2) is 72.8 Å². The fourth-order valence-electron chi connectivity index (χ4n) is 3.11. The van der Waals surface area contributed by atoms with Gasteiger partial charge in [-0.2, -0.15) is 9.90 Å². The van der Waals surface area contributed by atoms with Crippen LogP contribution >= 0.6 is 11.6 Å². The molecule has 3 aromatic carbocycles. The molecule has 0 atom stereocenters. The second kappa shape index (κ2) is 9.03. The number of hydrogen-bond acceptors (Lipinski definition) is 4. The average molecular weight is 446 g/mol. The molecule has 0 fully saturated rings. The summed E-state index contributed by atoms with van der Waals surface area (Å²) in [4.78, 5) is 26.9. The van der Waals surface area contributed by atoms with Crippen molar-refractivity contribution in [2.75, 3.05) is 10.6 Å². The van der Waals surface area contributed by atoms with Gasteiger partial charge in [0.05, 0.1) is 11.4 Å². The molecule has 0 unspecified atom stereocenters. The molecule has 0 spiro atoms. The topological polar surface area (TPSA) is 88.9 Å². The van der Waals surface area contributed by atoms with Gasteiger partial charge in [-0.3, -0.25) is 9.59 Å². The van der Waals surface area contributed by atoms with Gasteiger partial charge in [0.1, 0.15) is 0 Å². The maximum atomic E-state index is 12.9. The number of aromatic nitrogens is 3. The van der Waals surface area contributed by atoms with E-state index in [4.69, 9.17) is 11.6 Å². The van der Waals surface area contributed by atoms with Gasteiger partial charge in [0.2, 0.25) is 0 Å². The van der Waals surface area contributed by atoms with E-state index in [9.17, 15) is 9.59 Å². The van der Waals surface area contributed by atoms with Crippen LogP contribution in [0.2, 0.25) is 5.02 Å². The molecule has 1 aromatic heterocycles. The van der Waals surface area contributed by atoms with Gasteiger partial charge in [0, 0.05) is 22.0 Å². The second-order valence-electron chi connectivity index (χ2n) is 7.21. The second-order valence-corrected chi connectivity index (χ2v) is 7.64. The molecular weight excluding hydrogens is 426 g/mol. The van der Waals surface area contributed by atoms with Crippen LogP contribution in [0.25, 0.3) is 5.69 Å². The van der Waals surface area contributed by atoms with Crippen molar-refractivity contribution in [3.05, 3.63) is 100 Å². The molecule has 8 heteroatoms. The van der Waals surface area contributed by atoms with Gasteiger partial charge >= 0.3 is 0 Å². The first-order chi connectivity index (χ1) is 15.4. The van der Waals surface area contributed by atoms with Crippen molar-refractivity contribution in [3.63, 3.8) is 0 Å². The Hall–Kier alpha value is -3.97. The molecule has 4 rings (SSSR count). The van der Waals surface area contributed by atoms with E-state index in [0.29, 0.717) is 33.3 Å². The van der Waals surface area contributed by atoms with Gasteiger partial charge in [0.25, 0.3) is 11.8 Å². The maximum Gasteiger partial charge on any atom is 0.278 e. The van der Waals surface area contributed by atoms with E-state index < -0.39 is 5.91 Å². The van der Waals surface area contributed by atoms with Crippen LogP contribution in [0.1, 0.15) is 32.1 Å². The van der Waals surface area contributed by atoms with Crippen LogP contribution in [0.5, 0.6) is 0 Å². The highest BCUT2D eigenvalue weighted by Crippen LogP contribution is 2.20. The van der Waals surface area contributed by atoms with E-state index in [2.05, 4.69) is 20.8 Å². The molecule has 4 aromatic rings. The molecule has 0 aliphatic heterocycles. The molecule has 0 bridgehead atoms. The monoisotopic (exact) mass is 445 g/mol. The minimum atomic E-state index is -0.417. The predicted octanol–water partition coefficient (Wildman–Crippen LogP) is 5.04. The molecule has 0 radical (unpaired) electrons. The molecular formula is C24H20ClN5O2. The number of benzene rings is 3. The van der Waals surface area contributed by atoms with Crippen molar-refractivity contribution < 1.29 is 9.59 Å². The normalized spacial score (nSPS) is 10.6. The number of para-hydroxylation sites is 1. The van der Waals surface area contributed by atoms with Crippen LogP contribution in [0.4, 0.5) is 11.4 Å². The predicted molar refractivity (Wildman–Crippen MR) is 125 cm³/mol. The Balaban J connectivity index is 1.55. The molecule has 2 N–H and O–H groups in total. The molecule has 2 amide bonds. The highest BCUT2D eigenvalue weighted by molar-refractivity contribution is 6.30. The first-order valence-corrected chi connectivity index (χ1v) is 10.3. The van der Waals surface area contributed by atoms with Crippen molar-refractivity contribution >= 4 is 34.8 Å². The largest absolute Gasteiger partial charge is 0.322 e. The van der Waals surface area contributed by atoms with Crippen molar-refractivity contribution in [1.29, 1.82) is 0 Å². The number of nitrogens with zero attached hydrogens (tertiary/aromatic N) is 3. The van der Waals surface area contributed by atoms with E-state index >= 15 is 0 Å². The molecule has 7 nitrogen and oxygen atoms in total. The average Bonchev–Trinajstić information content (AvgIpc) is 3.18. The summed E-state index contributed by atoms with van der Waals surface area (Å²) in [7, 11) is 0. The van der Waals surface area contributed by atoms with Gasteiger partial charge in [-0.05, 0) is 61.9 Å². The number of carbonyl (C=O) groups is 2. The molecule has 0 saturated carbocycles. The minimum absolute atomic E-state index is 0.184. The highest BCUT2D eigenvalue weighted by Gasteiger charge is 2.18. The lowest BCUT2D eigenvalue weighted by Crippen LogP contribution is -2.17. The summed E-state index contributed by atoms with van der Waals surface area (Å²) in [6.07, 6.45) is 0. The summed E-state index contributed by atoms with van der Waals surface area (Å²) < 4.78 is 0. The number of amides is 2. The standard InChI is InChI=1S/C24H20ClN5O2/c1-15-11-12-17(23(31)26-19-8-4-3-5-9-19)13-21(15)27-24(32)22-16(2)28-30(29-22)20-10-6-7-18(25)14-20/h3-14H,1-2H3,(H,26,31)(H,27,32). The Kier molecular flexibility index (Phi) is 6.00. The van der Waals surface area contributed by atoms with E-state index in [0.717, 1.165) is 5.56 Å². The SMILES string of the molecule is Cc1ccc(C(=O)Nc2ccccc2)cc1NC(=O)c1nn(-c2cccc(Cl)c2)nc1C. The van der Waals surface area contributed by atoms with Gasteiger partial charge < -0.3 is 10.6 Å². The zero-order valence-electron chi connectivity index (χ0n) is 17.5. The zero-order chi connectivity index (χ0) is 22.7. The van der Waals surface area contributed by atoms with Crippen LogP contribution in [0.3, 0.4) is 0 Å². The van der Waals surface area contributed by atoms with E-state index in [-0.39, 0.29) is 11.6 Å². The Morgan fingerprint density at radius 2 is 1.62 bits per heavy atom. The van der Waals surface area contributed by atoms with E-state index in [1.807, 2.05) is 25.1 Å². The molecule has 160 valence electrons. The Labute approximate surface area is 190 Å². The van der Waals surface area contributed by atoms with Crippen molar-refractivity contribution in [1.82, 2.24) is 15.0 Å². The lowest BCUT2D eigenvalue weighted by atomic mass is 10.1. The Bertz CT molecular complexity index is 1300. The maximum absolute atomic E-state index is 12.9. The summed E-state index contributed by atoms with van der Waals surface area (Å²) in [6, 6.07) is 21.3. The minimum Gasteiger partial charge on any atom is -0.322 e. The molecule has 0 saturated heterocycles. The summed E-state index contributed by atoms with van der Waals surface area (Å²) >= 11 is 6.04. The number of anilines is 2. The van der Waals surface area contributed by atoms with Crippen molar-refractivity contribution in [3.8, 4) is 5.69 Å². The van der Waals surface area contributed by atoms with Crippen molar-refractivity contribution in [2.45, 2.75) is 13.8 Å². The van der Waals surface area contributed by atoms with Gasteiger partial charge in [-0.1, -0.05) is 41.9 Å². The lowest BCUT2D eigenvalue weighted by Gasteiger charge is -2.10. The molecule has 0 aliphatic carbocycles. The first kappa shape index (κ1) is 21.3. The smallest absolute Gasteiger partial charge is 0.278 e. The molecule has 32 heavy (non-hydrogen) atoms. The summed E-state index contributed by atoms with van der Waals surface area (Å²) in [5, 5.41) is 14.9. The van der Waals surface area contributed by atoms with Crippen LogP contribution in [0, 0.1) is 13.8 Å². The number of carbonyl (C=O) groups excluding carboxylic acids is 2. The van der Waals surface area contributed by atoms with Crippen LogP contribution in [-0.4, -0.2) is 26.8 Å². The highest BCUT2D eigenvalue weighted by atomic mass is 35.5. The number of aryl methyl sites for hydroxylation is 2. The number of hydrogen-bond donors (Lipinski definition) is 2. The summed E-state index contributed by atoms with van der Waals surface area (Å²) in [6.45, 7) is 3.56. The quantitative estimate of drug-likeness (QED) is 0.450. The number of halogens is 1. The lowest BCUT2D eigenvalue weighted by molar-refractivity contribution is 0.101. The summed E-state index contributed by atoms with van der Waals surface area (Å²) in [5.74, 6) is -0.686. The van der Waals surface area contributed by atoms with Crippen LogP contribution < -0.4 is 10.6 Å². The van der Waals surface area contributed by atoms with Gasteiger partial charge in [-0.15, -0.1) is 5.10 Å². The van der Waals surface area contributed by atoms with E-state index in [1.54, 1.807) is 61.5 Å². The third kappa shape index (κ3) is 4.68. The zero-order valence-corrected chi connectivity index (χ0v) is 18.2. The number of nitrogens with one attached hydrogen (secondary N) is 2. The Morgan fingerprint density at radius 1 is 0.844 bits per heavy atom. The van der Waals surface area contributed by atoms with Gasteiger partial charge in [0.15, 0.2) is 5.69 Å². The van der Waals surface area contributed by atoms with E-state index in [1.165, 1.54) is 4.80 Å². The fourth-order valence-corrected chi connectivity index (χ4v) is 3.29. The van der Waals surface area contributed by atoms with Crippen molar-refractivity contribution in [2.24, 2.45) is 0 Å². The van der Waals surface area contributed by atoms with Crippen LogP contribution in [-0.2, 0) is 0 Å². The third-order valence-electron chi connectivity index (χ3n) is 4.82. The molecule has 0 aliphatic rings. The fraction of sp³-hybridized carbons (Fsp3) is 0.0833. The third-order valence-corrected chi connectivity index (χ3v) is 5.05. The molecule has 1 heterocycles. The Morgan fingerprint density at radius 3 is 2.38 bits per heavy atom. The first-order valence-electron chi connectivity index (χ1n) is 9.89. The summed E-state index contributed by atoms with van der Waals surface area (Å²) in [5.41, 5.74) is 3.75. The number of rotatable bonds is 5.